The highest BCUT2D eigenvalue weighted by Gasteiger charge is 2.28. The number of hydrogen-bond donors (Lipinski definition) is 1. The number of non-ortho nitro benzene ring substituents is 1. The molecule has 1 saturated heterocycles. The lowest BCUT2D eigenvalue weighted by Gasteiger charge is -2.22. The number of carbonyl (C=O) groups is 1. The maximum absolute atomic E-state index is 12.1. The van der Waals surface area contributed by atoms with Crippen LogP contribution in [0.4, 0.5) is 5.69 Å². The number of nitro benzene ring substituents is 1. The first-order valence-corrected chi connectivity index (χ1v) is 5.80. The number of aliphatic hydroxyl groups excluding tert-OH is 1. The molecule has 0 spiro atoms. The third-order valence-electron chi connectivity index (χ3n) is 3.17. The summed E-state index contributed by atoms with van der Waals surface area (Å²) < 4.78 is 0. The Morgan fingerprint density at radius 3 is 2.67 bits per heavy atom. The molecule has 1 fully saturated rings. The van der Waals surface area contributed by atoms with Crippen LogP contribution in [0.25, 0.3) is 0 Å². The normalized spacial score (nSPS) is 18.9. The largest absolute Gasteiger partial charge is 0.394 e. The summed E-state index contributed by atoms with van der Waals surface area (Å²) in [6.45, 7) is 0.583. The van der Waals surface area contributed by atoms with E-state index in [1.807, 2.05) is 0 Å². The van der Waals surface area contributed by atoms with Crippen LogP contribution in [0.5, 0.6) is 0 Å². The first kappa shape index (κ1) is 12.5. The van der Waals surface area contributed by atoms with Crippen molar-refractivity contribution in [2.24, 2.45) is 0 Å². The molecule has 0 aromatic heterocycles. The molecule has 6 nitrogen and oxygen atoms in total. The number of nitro groups is 1. The quantitative estimate of drug-likeness (QED) is 0.645. The van der Waals surface area contributed by atoms with Gasteiger partial charge in [-0.3, -0.25) is 14.9 Å². The summed E-state index contributed by atoms with van der Waals surface area (Å²) in [5, 5.41) is 19.7. The first-order valence-electron chi connectivity index (χ1n) is 5.80. The number of hydrogen-bond acceptors (Lipinski definition) is 4. The summed E-state index contributed by atoms with van der Waals surface area (Å²) in [4.78, 5) is 23.8. The van der Waals surface area contributed by atoms with E-state index < -0.39 is 4.92 Å². The van der Waals surface area contributed by atoms with E-state index in [2.05, 4.69) is 0 Å². The van der Waals surface area contributed by atoms with Gasteiger partial charge in [0.05, 0.1) is 17.6 Å². The maximum Gasteiger partial charge on any atom is 0.269 e. The number of carbonyl (C=O) groups excluding carboxylic acids is 1. The fourth-order valence-corrected chi connectivity index (χ4v) is 2.18. The maximum atomic E-state index is 12.1. The number of likely N-dealkylation sites (tertiary alicyclic amines) is 1. The molecule has 0 radical (unpaired) electrons. The summed E-state index contributed by atoms with van der Waals surface area (Å²) in [5.41, 5.74) is 0.382. The zero-order valence-electron chi connectivity index (χ0n) is 9.78. The zero-order valence-corrected chi connectivity index (χ0v) is 9.78. The van der Waals surface area contributed by atoms with E-state index in [9.17, 15) is 14.9 Å². The molecule has 2 rings (SSSR count). The van der Waals surface area contributed by atoms with Gasteiger partial charge in [-0.2, -0.15) is 0 Å². The van der Waals surface area contributed by atoms with Gasteiger partial charge in [0.25, 0.3) is 11.6 Å². The van der Waals surface area contributed by atoms with Crippen LogP contribution in [0.15, 0.2) is 24.3 Å². The second-order valence-corrected chi connectivity index (χ2v) is 4.28. The van der Waals surface area contributed by atoms with E-state index in [0.29, 0.717) is 12.1 Å². The molecule has 0 unspecified atom stereocenters. The summed E-state index contributed by atoms with van der Waals surface area (Å²) in [6, 6.07) is 5.40. The molecular formula is C12H14N2O4. The monoisotopic (exact) mass is 250 g/mol. The summed E-state index contributed by atoms with van der Waals surface area (Å²) in [6.07, 6.45) is 1.68. The van der Waals surface area contributed by atoms with Crippen molar-refractivity contribution in [1.29, 1.82) is 0 Å². The summed E-state index contributed by atoms with van der Waals surface area (Å²) in [5.74, 6) is -0.179. The van der Waals surface area contributed by atoms with Crippen molar-refractivity contribution in [3.8, 4) is 0 Å². The smallest absolute Gasteiger partial charge is 0.269 e. The summed E-state index contributed by atoms with van der Waals surface area (Å²) in [7, 11) is 0. The summed E-state index contributed by atoms with van der Waals surface area (Å²) >= 11 is 0. The van der Waals surface area contributed by atoms with Crippen molar-refractivity contribution < 1.29 is 14.8 Å². The molecular weight excluding hydrogens is 236 g/mol. The Kier molecular flexibility index (Phi) is 3.57. The van der Waals surface area contributed by atoms with Crippen LogP contribution >= 0.6 is 0 Å². The Balaban J connectivity index is 2.16. The molecule has 18 heavy (non-hydrogen) atoms. The van der Waals surface area contributed by atoms with Gasteiger partial charge in [0, 0.05) is 24.2 Å². The van der Waals surface area contributed by atoms with E-state index in [-0.39, 0.29) is 24.2 Å². The number of amides is 1. The topological polar surface area (TPSA) is 83.7 Å². The minimum Gasteiger partial charge on any atom is -0.394 e. The highest BCUT2D eigenvalue weighted by Crippen LogP contribution is 2.20. The fraction of sp³-hybridized carbons (Fsp3) is 0.417. The van der Waals surface area contributed by atoms with Gasteiger partial charge in [-0.15, -0.1) is 0 Å². The fourth-order valence-electron chi connectivity index (χ4n) is 2.18. The molecule has 0 bridgehead atoms. The zero-order chi connectivity index (χ0) is 13.1. The molecule has 1 amide bonds. The second kappa shape index (κ2) is 5.14. The molecule has 1 aliphatic heterocycles. The van der Waals surface area contributed by atoms with Gasteiger partial charge >= 0.3 is 0 Å². The molecule has 1 aliphatic rings. The molecule has 1 atom stereocenters. The Bertz CT molecular complexity index is 458. The van der Waals surface area contributed by atoms with E-state index in [0.717, 1.165) is 12.8 Å². The van der Waals surface area contributed by atoms with Crippen molar-refractivity contribution in [3.05, 3.63) is 39.9 Å². The van der Waals surface area contributed by atoms with Gasteiger partial charge in [-0.25, -0.2) is 0 Å². The van der Waals surface area contributed by atoms with Crippen molar-refractivity contribution >= 4 is 11.6 Å². The lowest BCUT2D eigenvalue weighted by atomic mass is 10.1. The Labute approximate surface area is 104 Å². The van der Waals surface area contributed by atoms with E-state index in [1.165, 1.54) is 24.3 Å². The van der Waals surface area contributed by atoms with Crippen LogP contribution in [0.3, 0.4) is 0 Å². The number of nitrogens with zero attached hydrogens (tertiary/aromatic N) is 2. The van der Waals surface area contributed by atoms with Crippen LogP contribution in [0.1, 0.15) is 23.2 Å². The predicted molar refractivity (Wildman–Crippen MR) is 64.2 cm³/mol. The van der Waals surface area contributed by atoms with Gasteiger partial charge in [-0.1, -0.05) is 0 Å². The Morgan fingerprint density at radius 2 is 2.11 bits per heavy atom. The first-order chi connectivity index (χ1) is 8.63. The lowest BCUT2D eigenvalue weighted by Crippen LogP contribution is -2.37. The van der Waals surface area contributed by atoms with Crippen LogP contribution in [-0.2, 0) is 0 Å². The van der Waals surface area contributed by atoms with Gasteiger partial charge < -0.3 is 10.0 Å². The van der Waals surface area contributed by atoms with Gasteiger partial charge in [-0.05, 0) is 25.0 Å². The number of aliphatic hydroxyl groups is 1. The van der Waals surface area contributed by atoms with Crippen LogP contribution < -0.4 is 0 Å². The third-order valence-corrected chi connectivity index (χ3v) is 3.17. The van der Waals surface area contributed by atoms with Gasteiger partial charge in [0.2, 0.25) is 0 Å². The standard InChI is InChI=1S/C12H14N2O4/c15-8-11-2-1-7-13(11)12(16)9-3-5-10(6-4-9)14(17)18/h3-6,11,15H,1-2,7-8H2/t11-/m0/s1. The van der Waals surface area contributed by atoms with E-state index >= 15 is 0 Å². The molecule has 1 aromatic carbocycles. The Morgan fingerprint density at radius 1 is 1.44 bits per heavy atom. The number of rotatable bonds is 3. The van der Waals surface area contributed by atoms with Crippen LogP contribution in [-0.4, -0.2) is 40.0 Å². The Hall–Kier alpha value is -1.95. The van der Waals surface area contributed by atoms with Crippen LogP contribution in [0.2, 0.25) is 0 Å². The molecule has 1 heterocycles. The average molecular weight is 250 g/mol. The van der Waals surface area contributed by atoms with Crippen molar-refractivity contribution in [2.75, 3.05) is 13.2 Å². The third kappa shape index (κ3) is 2.33. The minimum absolute atomic E-state index is 0.0355. The number of benzene rings is 1. The molecule has 0 saturated carbocycles. The predicted octanol–water partition coefficient (Wildman–Crippen LogP) is 1.19. The molecule has 6 heteroatoms. The van der Waals surface area contributed by atoms with Crippen molar-refractivity contribution in [3.63, 3.8) is 0 Å². The SMILES string of the molecule is O=C(c1ccc([N+](=O)[O-])cc1)N1CCC[C@H]1CO. The average Bonchev–Trinajstić information content (AvgIpc) is 2.86. The van der Waals surface area contributed by atoms with Gasteiger partial charge in [0.15, 0.2) is 0 Å². The van der Waals surface area contributed by atoms with E-state index in [4.69, 9.17) is 5.11 Å². The van der Waals surface area contributed by atoms with Crippen molar-refractivity contribution in [1.82, 2.24) is 4.90 Å². The minimum atomic E-state index is -0.499. The van der Waals surface area contributed by atoms with E-state index in [1.54, 1.807) is 4.90 Å². The molecule has 1 N–H and O–H groups in total. The highest BCUT2D eigenvalue weighted by atomic mass is 16.6. The van der Waals surface area contributed by atoms with Crippen molar-refractivity contribution in [2.45, 2.75) is 18.9 Å². The molecule has 1 aromatic rings. The van der Waals surface area contributed by atoms with Gasteiger partial charge in [0.1, 0.15) is 0 Å². The molecule has 96 valence electrons. The highest BCUT2D eigenvalue weighted by molar-refractivity contribution is 5.94. The molecule has 0 aliphatic carbocycles. The second-order valence-electron chi connectivity index (χ2n) is 4.28. The lowest BCUT2D eigenvalue weighted by molar-refractivity contribution is -0.384. The van der Waals surface area contributed by atoms with Crippen LogP contribution in [0, 0.1) is 10.1 Å².